The van der Waals surface area contributed by atoms with E-state index in [1.165, 1.54) is 24.5 Å². The van der Waals surface area contributed by atoms with E-state index in [4.69, 9.17) is 5.11 Å². The van der Waals surface area contributed by atoms with Crippen LogP contribution in [-0.4, -0.2) is 49.4 Å². The van der Waals surface area contributed by atoms with E-state index in [9.17, 15) is 22.8 Å². The number of hydrogen-bond donors (Lipinski definition) is 2. The molecule has 1 aromatic heterocycles. The van der Waals surface area contributed by atoms with Gasteiger partial charge in [0.25, 0.3) is 5.91 Å². The van der Waals surface area contributed by atoms with Gasteiger partial charge in [-0.15, -0.1) is 5.10 Å². The average molecular weight is 329 g/mol. The number of halogens is 3. The number of amides is 1. The topological polar surface area (TPSA) is 110 Å². The minimum absolute atomic E-state index is 0.0618. The van der Waals surface area contributed by atoms with Gasteiger partial charge < -0.3 is 10.4 Å². The highest BCUT2D eigenvalue weighted by atomic mass is 19.4. The van der Waals surface area contributed by atoms with E-state index in [1.807, 2.05) is 5.32 Å². The number of hydrogen-bond acceptors (Lipinski definition) is 5. The summed E-state index contributed by atoms with van der Waals surface area (Å²) in [6.45, 7) is 0. The summed E-state index contributed by atoms with van der Waals surface area (Å²) in [4.78, 5) is 23.0. The van der Waals surface area contributed by atoms with Crippen LogP contribution in [0, 0.1) is 0 Å². The molecule has 2 aromatic rings. The SMILES string of the molecule is O=C(NC(CC(F)(F)F)C(=O)O)c1ccccc1-n1cnnn1. The summed E-state index contributed by atoms with van der Waals surface area (Å²) in [5.41, 5.74) is 0.138. The Hall–Kier alpha value is -2.98. The molecule has 23 heavy (non-hydrogen) atoms. The minimum Gasteiger partial charge on any atom is -0.480 e. The van der Waals surface area contributed by atoms with Crippen molar-refractivity contribution in [2.75, 3.05) is 0 Å². The molecule has 2 rings (SSSR count). The van der Waals surface area contributed by atoms with Gasteiger partial charge >= 0.3 is 12.1 Å². The lowest BCUT2D eigenvalue weighted by atomic mass is 10.1. The molecule has 0 radical (unpaired) electrons. The second kappa shape index (κ2) is 6.42. The number of nitrogens with one attached hydrogen (secondary N) is 1. The molecular weight excluding hydrogens is 319 g/mol. The van der Waals surface area contributed by atoms with Crippen LogP contribution < -0.4 is 5.32 Å². The van der Waals surface area contributed by atoms with Crippen molar-refractivity contribution in [2.45, 2.75) is 18.6 Å². The van der Waals surface area contributed by atoms with E-state index >= 15 is 0 Å². The monoisotopic (exact) mass is 329 g/mol. The molecule has 0 aliphatic carbocycles. The van der Waals surface area contributed by atoms with Crippen LogP contribution in [0.3, 0.4) is 0 Å². The summed E-state index contributed by atoms with van der Waals surface area (Å²) in [7, 11) is 0. The van der Waals surface area contributed by atoms with Crippen LogP contribution in [0.2, 0.25) is 0 Å². The fraction of sp³-hybridized carbons (Fsp3) is 0.250. The summed E-state index contributed by atoms with van der Waals surface area (Å²) in [6.07, 6.45) is -5.22. The van der Waals surface area contributed by atoms with Crippen LogP contribution in [0.4, 0.5) is 13.2 Å². The number of para-hydroxylation sites is 1. The van der Waals surface area contributed by atoms with Crippen LogP contribution in [0.5, 0.6) is 0 Å². The molecule has 1 aromatic carbocycles. The highest BCUT2D eigenvalue weighted by Crippen LogP contribution is 2.22. The lowest BCUT2D eigenvalue weighted by Gasteiger charge is -2.17. The molecule has 0 aliphatic heterocycles. The van der Waals surface area contributed by atoms with Gasteiger partial charge in [-0.3, -0.25) is 4.79 Å². The molecule has 8 nitrogen and oxygen atoms in total. The fourth-order valence-electron chi connectivity index (χ4n) is 1.80. The number of carboxylic acids is 1. The zero-order valence-corrected chi connectivity index (χ0v) is 11.4. The molecule has 1 unspecified atom stereocenters. The van der Waals surface area contributed by atoms with Gasteiger partial charge in [-0.25, -0.2) is 4.79 Å². The van der Waals surface area contributed by atoms with Crippen molar-refractivity contribution in [1.29, 1.82) is 0 Å². The van der Waals surface area contributed by atoms with Crippen LogP contribution in [0.1, 0.15) is 16.8 Å². The predicted molar refractivity (Wildman–Crippen MR) is 68.7 cm³/mol. The summed E-state index contributed by atoms with van der Waals surface area (Å²) in [5.74, 6) is -2.76. The Bertz CT molecular complexity index is 702. The van der Waals surface area contributed by atoms with Crippen LogP contribution in [-0.2, 0) is 4.79 Å². The first-order chi connectivity index (χ1) is 10.8. The number of nitrogens with zero attached hydrogens (tertiary/aromatic N) is 4. The van der Waals surface area contributed by atoms with Gasteiger partial charge in [0.2, 0.25) is 0 Å². The Morgan fingerprint density at radius 2 is 2.00 bits per heavy atom. The van der Waals surface area contributed by atoms with Crippen molar-refractivity contribution < 1.29 is 27.9 Å². The van der Waals surface area contributed by atoms with Gasteiger partial charge in [-0.1, -0.05) is 12.1 Å². The molecule has 0 spiro atoms. The van der Waals surface area contributed by atoms with Crippen molar-refractivity contribution in [2.24, 2.45) is 0 Å². The van der Waals surface area contributed by atoms with Gasteiger partial charge in [0, 0.05) is 0 Å². The lowest BCUT2D eigenvalue weighted by molar-refractivity contribution is -0.157. The van der Waals surface area contributed by atoms with Crippen LogP contribution in [0.25, 0.3) is 5.69 Å². The second-order valence-corrected chi connectivity index (χ2v) is 4.46. The average Bonchev–Trinajstić information content (AvgIpc) is 2.99. The van der Waals surface area contributed by atoms with Gasteiger partial charge in [0.05, 0.1) is 17.7 Å². The van der Waals surface area contributed by atoms with Gasteiger partial charge in [0.15, 0.2) is 0 Å². The summed E-state index contributed by atoms with van der Waals surface area (Å²) in [5, 5.41) is 21.1. The van der Waals surface area contributed by atoms with Crippen molar-refractivity contribution in [3.05, 3.63) is 36.2 Å². The van der Waals surface area contributed by atoms with E-state index in [1.54, 1.807) is 6.07 Å². The molecule has 0 bridgehead atoms. The Kier molecular flexibility index (Phi) is 4.57. The first-order valence-electron chi connectivity index (χ1n) is 6.21. The number of benzene rings is 1. The zero-order valence-electron chi connectivity index (χ0n) is 11.4. The Morgan fingerprint density at radius 3 is 2.57 bits per heavy atom. The third kappa shape index (κ3) is 4.25. The van der Waals surface area contributed by atoms with E-state index in [-0.39, 0.29) is 11.3 Å². The maximum absolute atomic E-state index is 12.4. The summed E-state index contributed by atoms with van der Waals surface area (Å²) < 4.78 is 38.3. The predicted octanol–water partition coefficient (Wildman–Crippen LogP) is 0.798. The van der Waals surface area contributed by atoms with Gasteiger partial charge in [-0.05, 0) is 22.6 Å². The van der Waals surface area contributed by atoms with Gasteiger partial charge in [0.1, 0.15) is 12.4 Å². The first-order valence-corrected chi connectivity index (χ1v) is 6.21. The number of carboxylic acid groups (broad SMARTS) is 1. The quantitative estimate of drug-likeness (QED) is 0.839. The molecule has 0 saturated carbocycles. The number of carbonyl (C=O) groups is 2. The molecule has 122 valence electrons. The molecule has 2 N–H and O–H groups in total. The van der Waals surface area contributed by atoms with E-state index in [2.05, 4.69) is 15.5 Å². The van der Waals surface area contributed by atoms with Gasteiger partial charge in [-0.2, -0.15) is 17.9 Å². The standard InChI is InChI=1S/C12H10F3N5O3/c13-12(14,15)5-8(11(22)23)17-10(21)7-3-1-2-4-9(7)20-6-16-18-19-20/h1-4,6,8H,5H2,(H,17,21)(H,22,23). The zero-order chi connectivity index (χ0) is 17.0. The Labute approximate surface area is 126 Å². The smallest absolute Gasteiger partial charge is 0.391 e. The number of tetrazole rings is 1. The number of carbonyl (C=O) groups excluding carboxylic acids is 1. The highest BCUT2D eigenvalue weighted by molar-refractivity contribution is 5.99. The van der Waals surface area contributed by atoms with Crippen molar-refractivity contribution >= 4 is 11.9 Å². The van der Waals surface area contributed by atoms with Crippen LogP contribution >= 0.6 is 0 Å². The molecule has 0 saturated heterocycles. The number of aliphatic carboxylic acids is 1. The maximum atomic E-state index is 12.4. The fourth-order valence-corrected chi connectivity index (χ4v) is 1.80. The van der Waals surface area contributed by atoms with E-state index in [0.29, 0.717) is 0 Å². The molecule has 1 atom stereocenters. The van der Waals surface area contributed by atoms with E-state index in [0.717, 1.165) is 4.68 Å². The van der Waals surface area contributed by atoms with Crippen molar-refractivity contribution in [3.8, 4) is 5.69 Å². The number of aromatic nitrogens is 4. The third-order valence-electron chi connectivity index (χ3n) is 2.78. The Morgan fingerprint density at radius 1 is 1.30 bits per heavy atom. The van der Waals surface area contributed by atoms with E-state index < -0.39 is 30.5 Å². The summed E-state index contributed by atoms with van der Waals surface area (Å²) in [6, 6.07) is 3.73. The van der Waals surface area contributed by atoms with Crippen molar-refractivity contribution in [3.63, 3.8) is 0 Å². The van der Waals surface area contributed by atoms with Crippen molar-refractivity contribution in [1.82, 2.24) is 25.5 Å². The molecule has 11 heteroatoms. The second-order valence-electron chi connectivity index (χ2n) is 4.46. The normalized spacial score (nSPS) is 12.7. The molecule has 1 heterocycles. The maximum Gasteiger partial charge on any atom is 0.391 e. The molecule has 0 aliphatic rings. The Balaban J connectivity index is 2.25. The molecular formula is C12H10F3N5O3. The number of rotatable bonds is 5. The first kappa shape index (κ1) is 16.4. The highest BCUT2D eigenvalue weighted by Gasteiger charge is 2.36. The number of alkyl halides is 3. The molecule has 0 fully saturated rings. The summed E-state index contributed by atoms with van der Waals surface area (Å²) >= 11 is 0. The largest absolute Gasteiger partial charge is 0.480 e. The van der Waals surface area contributed by atoms with Crippen LogP contribution in [0.15, 0.2) is 30.6 Å². The lowest BCUT2D eigenvalue weighted by Crippen LogP contribution is -2.43. The molecule has 1 amide bonds. The minimum atomic E-state index is -4.73. The third-order valence-corrected chi connectivity index (χ3v) is 2.78.